The highest BCUT2D eigenvalue weighted by atomic mass is 19.3. The predicted molar refractivity (Wildman–Crippen MR) is 67.0 cm³/mol. The number of aromatic nitrogens is 6. The van der Waals surface area contributed by atoms with Gasteiger partial charge in [-0.05, 0) is 13.8 Å². The molecule has 0 radical (unpaired) electrons. The summed E-state index contributed by atoms with van der Waals surface area (Å²) in [5, 5.41) is 14.5. The molecule has 0 aliphatic heterocycles. The van der Waals surface area contributed by atoms with Crippen LogP contribution in [0, 0.1) is 13.8 Å². The first-order valence-electron chi connectivity index (χ1n) is 5.83. The second-order valence-corrected chi connectivity index (χ2v) is 4.23. The van der Waals surface area contributed by atoms with Crippen LogP contribution in [-0.2, 0) is 0 Å². The van der Waals surface area contributed by atoms with Crippen LogP contribution < -0.4 is 5.32 Å². The maximum atomic E-state index is 12.8. The number of halogens is 2. The monoisotopic (exact) mass is 279 g/mol. The van der Waals surface area contributed by atoms with Crippen molar-refractivity contribution in [3.63, 3.8) is 0 Å². The number of hydrogen-bond acceptors (Lipinski definition) is 5. The molecule has 3 rings (SSSR count). The van der Waals surface area contributed by atoms with Gasteiger partial charge in [-0.1, -0.05) is 0 Å². The first kappa shape index (κ1) is 12.5. The minimum Gasteiger partial charge on any atom is -0.334 e. The molecule has 1 N–H and O–H groups in total. The Balaban J connectivity index is 2.05. The zero-order chi connectivity index (χ0) is 14.3. The topological polar surface area (TPSA) is 72.9 Å². The number of fused-ring (bicyclic) bond motifs is 1. The number of rotatable bonds is 3. The average Bonchev–Trinajstić information content (AvgIpc) is 2.98. The number of anilines is 2. The molecule has 3 heterocycles. The van der Waals surface area contributed by atoms with Gasteiger partial charge >= 0.3 is 6.55 Å². The molecule has 0 spiro atoms. The fourth-order valence-electron chi connectivity index (χ4n) is 2.00. The summed E-state index contributed by atoms with van der Waals surface area (Å²) in [6.45, 7) is 0.539. The Morgan fingerprint density at radius 1 is 1.30 bits per heavy atom. The lowest BCUT2D eigenvalue weighted by atomic mass is 10.3. The SMILES string of the molecule is Cc1nn(C(F)F)c(C)c1Nc1nccn2cnnc12. The van der Waals surface area contributed by atoms with Gasteiger partial charge in [0.05, 0.1) is 17.1 Å². The van der Waals surface area contributed by atoms with Crippen molar-refractivity contribution < 1.29 is 8.78 Å². The maximum Gasteiger partial charge on any atom is 0.333 e. The summed E-state index contributed by atoms with van der Waals surface area (Å²) >= 11 is 0. The van der Waals surface area contributed by atoms with Gasteiger partial charge in [-0.15, -0.1) is 10.2 Å². The van der Waals surface area contributed by atoms with Crippen LogP contribution >= 0.6 is 0 Å². The van der Waals surface area contributed by atoms with E-state index in [1.165, 1.54) is 6.33 Å². The van der Waals surface area contributed by atoms with Crippen LogP contribution in [0.2, 0.25) is 0 Å². The van der Waals surface area contributed by atoms with Gasteiger partial charge in [0.15, 0.2) is 5.82 Å². The summed E-state index contributed by atoms with van der Waals surface area (Å²) in [6, 6.07) is 0. The van der Waals surface area contributed by atoms with Gasteiger partial charge in [-0.2, -0.15) is 13.9 Å². The molecular weight excluding hydrogens is 268 g/mol. The lowest BCUT2D eigenvalue weighted by Gasteiger charge is -2.07. The third kappa shape index (κ3) is 1.87. The van der Waals surface area contributed by atoms with Crippen LogP contribution in [0.25, 0.3) is 5.65 Å². The van der Waals surface area contributed by atoms with Crippen LogP contribution in [0.4, 0.5) is 20.3 Å². The zero-order valence-corrected chi connectivity index (χ0v) is 10.7. The van der Waals surface area contributed by atoms with E-state index in [0.29, 0.717) is 33.2 Å². The van der Waals surface area contributed by atoms with Crippen molar-refractivity contribution in [1.29, 1.82) is 0 Å². The van der Waals surface area contributed by atoms with E-state index in [1.54, 1.807) is 30.6 Å². The van der Waals surface area contributed by atoms with Crippen LogP contribution in [0.3, 0.4) is 0 Å². The number of nitrogens with zero attached hydrogens (tertiary/aromatic N) is 6. The largest absolute Gasteiger partial charge is 0.334 e. The summed E-state index contributed by atoms with van der Waals surface area (Å²) in [5.74, 6) is 0.435. The molecule has 0 aliphatic rings. The van der Waals surface area contributed by atoms with E-state index in [4.69, 9.17) is 0 Å². The molecule has 0 saturated heterocycles. The first-order valence-corrected chi connectivity index (χ1v) is 5.83. The average molecular weight is 279 g/mol. The molecule has 20 heavy (non-hydrogen) atoms. The van der Waals surface area contributed by atoms with Gasteiger partial charge in [0, 0.05) is 12.4 Å². The van der Waals surface area contributed by atoms with Crippen molar-refractivity contribution in [2.75, 3.05) is 5.32 Å². The molecule has 7 nitrogen and oxygen atoms in total. The highest BCUT2D eigenvalue weighted by molar-refractivity contribution is 5.71. The van der Waals surface area contributed by atoms with Gasteiger partial charge in [0.1, 0.15) is 6.33 Å². The van der Waals surface area contributed by atoms with Crippen molar-refractivity contribution in [3.05, 3.63) is 30.1 Å². The molecule has 3 aromatic rings. The van der Waals surface area contributed by atoms with E-state index in [-0.39, 0.29) is 0 Å². The Bertz CT molecular complexity index is 761. The van der Waals surface area contributed by atoms with Gasteiger partial charge in [0.25, 0.3) is 0 Å². The second kappa shape index (κ2) is 4.51. The molecular formula is C11H11F2N7. The normalized spacial score (nSPS) is 11.4. The van der Waals surface area contributed by atoms with Crippen molar-refractivity contribution in [3.8, 4) is 0 Å². The summed E-state index contributed by atoms with van der Waals surface area (Å²) < 4.78 is 27.9. The van der Waals surface area contributed by atoms with Crippen LogP contribution in [0.5, 0.6) is 0 Å². The summed E-state index contributed by atoms with van der Waals surface area (Å²) in [4.78, 5) is 4.15. The van der Waals surface area contributed by atoms with Crippen LogP contribution in [0.1, 0.15) is 17.9 Å². The van der Waals surface area contributed by atoms with E-state index in [2.05, 4.69) is 25.6 Å². The Morgan fingerprint density at radius 2 is 2.10 bits per heavy atom. The number of nitrogens with one attached hydrogen (secondary N) is 1. The Hall–Kier alpha value is -2.58. The van der Waals surface area contributed by atoms with Gasteiger partial charge in [-0.3, -0.25) is 4.40 Å². The molecule has 104 valence electrons. The summed E-state index contributed by atoms with van der Waals surface area (Å²) in [6.07, 6.45) is 4.80. The van der Waals surface area contributed by atoms with Crippen LogP contribution in [-0.4, -0.2) is 29.4 Å². The third-order valence-electron chi connectivity index (χ3n) is 2.97. The Kier molecular flexibility index (Phi) is 2.81. The fraction of sp³-hybridized carbons (Fsp3) is 0.273. The molecule has 0 atom stereocenters. The molecule has 0 amide bonds. The van der Waals surface area contributed by atoms with E-state index in [0.717, 1.165) is 0 Å². The number of aryl methyl sites for hydroxylation is 1. The fourth-order valence-corrected chi connectivity index (χ4v) is 2.00. The second-order valence-electron chi connectivity index (χ2n) is 4.23. The van der Waals surface area contributed by atoms with Crippen molar-refractivity contribution in [2.45, 2.75) is 20.4 Å². The van der Waals surface area contributed by atoms with Crippen molar-refractivity contribution in [1.82, 2.24) is 29.4 Å². The van der Waals surface area contributed by atoms with Gasteiger partial charge in [0.2, 0.25) is 5.65 Å². The lowest BCUT2D eigenvalue weighted by molar-refractivity contribution is 0.0542. The summed E-state index contributed by atoms with van der Waals surface area (Å²) in [5.41, 5.74) is 1.80. The Labute approximate surface area is 112 Å². The summed E-state index contributed by atoms with van der Waals surface area (Å²) in [7, 11) is 0. The number of hydrogen-bond donors (Lipinski definition) is 1. The van der Waals surface area contributed by atoms with Gasteiger partial charge < -0.3 is 5.32 Å². The van der Waals surface area contributed by atoms with Crippen LogP contribution in [0.15, 0.2) is 18.7 Å². The number of alkyl halides is 2. The molecule has 0 unspecified atom stereocenters. The molecule has 3 aromatic heterocycles. The smallest absolute Gasteiger partial charge is 0.333 e. The van der Waals surface area contributed by atoms with Crippen molar-refractivity contribution >= 4 is 17.2 Å². The Morgan fingerprint density at radius 3 is 2.80 bits per heavy atom. The first-order chi connectivity index (χ1) is 9.58. The standard InChI is InChI=1S/C11H11F2N7/c1-6-8(7(2)20(18-6)11(12)13)16-9-10-17-15-5-19(10)4-3-14-9/h3-5,11H,1-2H3,(H,14,16). The molecule has 0 aromatic carbocycles. The van der Waals surface area contributed by atoms with Crippen molar-refractivity contribution in [2.24, 2.45) is 0 Å². The highest BCUT2D eigenvalue weighted by Crippen LogP contribution is 2.27. The molecule has 9 heteroatoms. The van der Waals surface area contributed by atoms with E-state index < -0.39 is 6.55 Å². The molecule has 0 aliphatic carbocycles. The highest BCUT2D eigenvalue weighted by Gasteiger charge is 2.18. The van der Waals surface area contributed by atoms with E-state index >= 15 is 0 Å². The molecule has 0 fully saturated rings. The van der Waals surface area contributed by atoms with Gasteiger partial charge in [-0.25, -0.2) is 9.67 Å². The minimum absolute atomic E-state index is 0.334. The zero-order valence-electron chi connectivity index (χ0n) is 10.7. The molecule has 0 saturated carbocycles. The maximum absolute atomic E-state index is 12.8. The lowest BCUT2D eigenvalue weighted by Crippen LogP contribution is -2.03. The van der Waals surface area contributed by atoms with E-state index in [1.807, 2.05) is 0 Å². The quantitative estimate of drug-likeness (QED) is 0.794. The molecule has 0 bridgehead atoms. The minimum atomic E-state index is -2.68. The third-order valence-corrected chi connectivity index (χ3v) is 2.97. The van der Waals surface area contributed by atoms with E-state index in [9.17, 15) is 8.78 Å². The predicted octanol–water partition coefficient (Wildman–Crippen LogP) is 2.08.